The summed E-state index contributed by atoms with van der Waals surface area (Å²) in [6, 6.07) is 6.34. The van der Waals surface area contributed by atoms with E-state index in [2.05, 4.69) is 11.9 Å². The average Bonchev–Trinajstić information content (AvgIpc) is 2.42. The lowest BCUT2D eigenvalue weighted by Gasteiger charge is -2.16. The van der Waals surface area contributed by atoms with Gasteiger partial charge in [-0.05, 0) is 24.3 Å². The number of anilines is 1. The Kier molecular flexibility index (Phi) is 5.93. The van der Waals surface area contributed by atoms with E-state index in [4.69, 9.17) is 5.11 Å². The van der Waals surface area contributed by atoms with Gasteiger partial charge in [0.2, 0.25) is 0 Å². The topological polar surface area (TPSA) is 69.6 Å². The quantitative estimate of drug-likeness (QED) is 0.557. The first-order chi connectivity index (χ1) is 9.45. The molecule has 0 aliphatic carbocycles. The van der Waals surface area contributed by atoms with E-state index in [1.165, 1.54) is 0 Å². The molecule has 5 nitrogen and oxygen atoms in total. The Labute approximate surface area is 118 Å². The van der Waals surface area contributed by atoms with Gasteiger partial charge in [-0.1, -0.05) is 6.08 Å². The van der Waals surface area contributed by atoms with Gasteiger partial charge in [-0.25, -0.2) is 0 Å². The first-order valence-corrected chi connectivity index (χ1v) is 6.33. The fraction of sp³-hybridized carbons (Fsp3) is 0.333. The Morgan fingerprint density at radius 3 is 2.40 bits per heavy atom. The van der Waals surface area contributed by atoms with E-state index in [1.54, 1.807) is 18.2 Å². The molecule has 0 bridgehead atoms. The van der Waals surface area contributed by atoms with Crippen molar-refractivity contribution in [2.75, 3.05) is 25.5 Å². The number of Topliss-reactive ketones (excluding diaryl/α,β-unsaturated/α-hetero) is 1. The maximum atomic E-state index is 12.3. The molecule has 1 atom stereocenters. The number of aliphatic carboxylic acids is 1. The summed E-state index contributed by atoms with van der Waals surface area (Å²) in [5, 5.41) is 11.7. The fourth-order valence-electron chi connectivity index (χ4n) is 1.78. The maximum Gasteiger partial charge on any atom is 0.305 e. The van der Waals surface area contributed by atoms with Gasteiger partial charge in [-0.15, -0.1) is 6.58 Å². The minimum atomic E-state index is -1.01. The Bertz CT molecular complexity index is 480. The summed E-state index contributed by atoms with van der Waals surface area (Å²) >= 11 is 0. The molecular formula is C15H20N2O3. The first kappa shape index (κ1) is 15.9. The number of ketones is 1. The number of nitrogens with zero attached hydrogens (tertiary/aromatic N) is 1. The van der Waals surface area contributed by atoms with Crippen molar-refractivity contribution in [3.05, 3.63) is 42.5 Å². The number of carbonyl (C=O) groups is 2. The third kappa shape index (κ3) is 4.51. The number of carboxylic acid groups (broad SMARTS) is 1. The summed E-state index contributed by atoms with van der Waals surface area (Å²) in [7, 11) is 3.82. The predicted molar refractivity (Wildman–Crippen MR) is 79.3 cm³/mol. The van der Waals surface area contributed by atoms with Crippen molar-refractivity contribution < 1.29 is 14.7 Å². The van der Waals surface area contributed by atoms with Crippen LogP contribution in [0.25, 0.3) is 0 Å². The lowest BCUT2D eigenvalue weighted by molar-refractivity contribution is -0.137. The van der Waals surface area contributed by atoms with Crippen LogP contribution in [0.2, 0.25) is 0 Å². The minimum Gasteiger partial charge on any atom is -0.481 e. The molecule has 0 radical (unpaired) electrons. The smallest absolute Gasteiger partial charge is 0.305 e. The summed E-state index contributed by atoms with van der Waals surface area (Å²) in [4.78, 5) is 25.1. The van der Waals surface area contributed by atoms with Crippen LogP contribution in [0, 0.1) is 0 Å². The lowest BCUT2D eigenvalue weighted by atomic mass is 10.0. The van der Waals surface area contributed by atoms with E-state index in [9.17, 15) is 9.59 Å². The first-order valence-electron chi connectivity index (χ1n) is 6.33. The minimum absolute atomic E-state index is 0.223. The number of nitrogens with one attached hydrogen (secondary N) is 1. The highest BCUT2D eigenvalue weighted by Gasteiger charge is 2.22. The van der Waals surface area contributed by atoms with Crippen LogP contribution in [0.15, 0.2) is 36.9 Å². The van der Waals surface area contributed by atoms with Crippen molar-refractivity contribution in [3.63, 3.8) is 0 Å². The van der Waals surface area contributed by atoms with Gasteiger partial charge in [-0.3, -0.25) is 9.59 Å². The second kappa shape index (κ2) is 7.45. The van der Waals surface area contributed by atoms with Crippen LogP contribution in [-0.4, -0.2) is 43.5 Å². The largest absolute Gasteiger partial charge is 0.481 e. The van der Waals surface area contributed by atoms with Crippen molar-refractivity contribution in [1.29, 1.82) is 0 Å². The molecule has 1 aromatic rings. The van der Waals surface area contributed by atoms with Crippen LogP contribution < -0.4 is 10.2 Å². The molecule has 108 valence electrons. The Hall–Kier alpha value is -2.14. The molecule has 0 saturated heterocycles. The highest BCUT2D eigenvalue weighted by atomic mass is 16.4. The lowest BCUT2D eigenvalue weighted by Crippen LogP contribution is -2.38. The van der Waals surface area contributed by atoms with Crippen LogP contribution >= 0.6 is 0 Å². The Morgan fingerprint density at radius 1 is 1.35 bits per heavy atom. The van der Waals surface area contributed by atoms with Crippen LogP contribution in [0.3, 0.4) is 0 Å². The fourth-order valence-corrected chi connectivity index (χ4v) is 1.78. The highest BCUT2D eigenvalue weighted by Crippen LogP contribution is 2.14. The van der Waals surface area contributed by atoms with Gasteiger partial charge in [0, 0.05) is 31.9 Å². The molecule has 20 heavy (non-hydrogen) atoms. The van der Waals surface area contributed by atoms with Crippen LogP contribution in [-0.2, 0) is 4.79 Å². The van der Waals surface area contributed by atoms with E-state index >= 15 is 0 Å². The molecule has 0 aliphatic heterocycles. The van der Waals surface area contributed by atoms with Gasteiger partial charge in [0.25, 0.3) is 0 Å². The number of carboxylic acids is 1. The SMILES string of the molecule is C=CCNC(CC(=O)O)C(=O)c1ccc(N(C)C)cc1. The van der Waals surface area contributed by atoms with E-state index in [0.29, 0.717) is 12.1 Å². The molecule has 5 heteroatoms. The van der Waals surface area contributed by atoms with Gasteiger partial charge in [0.15, 0.2) is 5.78 Å². The van der Waals surface area contributed by atoms with Gasteiger partial charge in [0.1, 0.15) is 0 Å². The zero-order valence-corrected chi connectivity index (χ0v) is 11.8. The molecule has 0 aliphatic rings. The number of hydrogen-bond donors (Lipinski definition) is 2. The number of hydrogen-bond acceptors (Lipinski definition) is 4. The molecule has 0 amide bonds. The average molecular weight is 276 g/mol. The molecule has 2 N–H and O–H groups in total. The van der Waals surface area contributed by atoms with E-state index < -0.39 is 12.0 Å². The number of carbonyl (C=O) groups excluding carboxylic acids is 1. The summed E-state index contributed by atoms with van der Waals surface area (Å²) in [5.41, 5.74) is 1.48. The standard InChI is InChI=1S/C15H20N2O3/c1-4-9-16-13(10-14(18)19)15(20)11-5-7-12(8-6-11)17(2)3/h4-8,13,16H,1,9-10H2,2-3H3,(H,18,19). The molecule has 0 fully saturated rings. The van der Waals surface area contributed by atoms with Gasteiger partial charge in [-0.2, -0.15) is 0 Å². The predicted octanol–water partition coefficient (Wildman–Crippen LogP) is 1.55. The summed E-state index contributed by atoms with van der Waals surface area (Å²) < 4.78 is 0. The third-order valence-electron chi connectivity index (χ3n) is 2.87. The monoisotopic (exact) mass is 276 g/mol. The second-order valence-corrected chi connectivity index (χ2v) is 4.65. The molecular weight excluding hydrogens is 256 g/mol. The molecule has 0 saturated carbocycles. The molecule has 1 aromatic carbocycles. The zero-order valence-electron chi connectivity index (χ0n) is 11.8. The van der Waals surface area contributed by atoms with Crippen LogP contribution in [0.1, 0.15) is 16.8 Å². The highest BCUT2D eigenvalue weighted by molar-refractivity contribution is 6.01. The number of benzene rings is 1. The number of rotatable bonds is 8. The third-order valence-corrected chi connectivity index (χ3v) is 2.87. The van der Waals surface area contributed by atoms with Gasteiger partial charge < -0.3 is 15.3 Å². The van der Waals surface area contributed by atoms with E-state index in [-0.39, 0.29) is 12.2 Å². The molecule has 0 heterocycles. The van der Waals surface area contributed by atoms with Crippen molar-refractivity contribution in [2.24, 2.45) is 0 Å². The van der Waals surface area contributed by atoms with Gasteiger partial charge in [0.05, 0.1) is 12.5 Å². The molecule has 0 aromatic heterocycles. The van der Waals surface area contributed by atoms with Crippen molar-refractivity contribution in [3.8, 4) is 0 Å². The summed E-state index contributed by atoms with van der Waals surface area (Å²) in [6.07, 6.45) is 1.35. The molecule has 0 spiro atoms. The van der Waals surface area contributed by atoms with Gasteiger partial charge >= 0.3 is 5.97 Å². The Balaban J connectivity index is 2.86. The van der Waals surface area contributed by atoms with Crippen molar-refractivity contribution >= 4 is 17.4 Å². The maximum absolute atomic E-state index is 12.3. The van der Waals surface area contributed by atoms with E-state index in [0.717, 1.165) is 5.69 Å². The van der Waals surface area contributed by atoms with Crippen molar-refractivity contribution in [2.45, 2.75) is 12.5 Å². The second-order valence-electron chi connectivity index (χ2n) is 4.65. The zero-order chi connectivity index (χ0) is 15.1. The molecule has 1 rings (SSSR count). The van der Waals surface area contributed by atoms with Crippen LogP contribution in [0.4, 0.5) is 5.69 Å². The van der Waals surface area contributed by atoms with Crippen LogP contribution in [0.5, 0.6) is 0 Å². The Morgan fingerprint density at radius 2 is 1.95 bits per heavy atom. The van der Waals surface area contributed by atoms with Crippen molar-refractivity contribution in [1.82, 2.24) is 5.32 Å². The summed E-state index contributed by atoms with van der Waals surface area (Å²) in [6.45, 7) is 3.94. The summed E-state index contributed by atoms with van der Waals surface area (Å²) in [5.74, 6) is -1.23. The van der Waals surface area contributed by atoms with E-state index in [1.807, 2.05) is 31.1 Å². The normalized spacial score (nSPS) is 11.7. The molecule has 1 unspecified atom stereocenters.